The number of aliphatic hydroxyl groups excluding tert-OH is 1. The fourth-order valence-electron chi connectivity index (χ4n) is 4.89. The maximum absolute atomic E-state index is 10.2. The fraction of sp³-hybridized carbons (Fsp3) is 1.00. The second-order valence-electron chi connectivity index (χ2n) is 7.30. The maximum Gasteiger partial charge on any atom is 0.201 e. The minimum atomic E-state index is -0.781. The van der Waals surface area contributed by atoms with E-state index in [4.69, 9.17) is 19.2 Å². The third-order valence-corrected chi connectivity index (χ3v) is 6.12. The molecular formula is C15H24O5. The van der Waals surface area contributed by atoms with Gasteiger partial charge in [-0.15, -0.1) is 0 Å². The highest BCUT2D eigenvalue weighted by atomic mass is 17.3. The molecule has 20 heavy (non-hydrogen) atoms. The first-order chi connectivity index (χ1) is 9.46. The minimum Gasteiger partial charge on any atom is -0.368 e. The van der Waals surface area contributed by atoms with E-state index < -0.39 is 24.0 Å². The molecule has 5 fully saturated rings. The van der Waals surface area contributed by atoms with Gasteiger partial charge in [-0.05, 0) is 38.0 Å². The molecule has 1 aliphatic carbocycles. The monoisotopic (exact) mass is 284 g/mol. The van der Waals surface area contributed by atoms with E-state index in [2.05, 4.69) is 6.92 Å². The molecule has 1 N–H and O–H groups in total. The lowest BCUT2D eigenvalue weighted by Gasteiger charge is -2.59. The largest absolute Gasteiger partial charge is 0.368 e. The highest BCUT2D eigenvalue weighted by Crippen LogP contribution is 2.60. The molecule has 0 radical (unpaired) electrons. The van der Waals surface area contributed by atoms with Gasteiger partial charge >= 0.3 is 0 Å². The van der Waals surface area contributed by atoms with E-state index in [1.165, 1.54) is 6.42 Å². The molecule has 8 atom stereocenters. The van der Waals surface area contributed by atoms with Gasteiger partial charge in [-0.3, -0.25) is 0 Å². The van der Waals surface area contributed by atoms with Gasteiger partial charge in [0.25, 0.3) is 0 Å². The van der Waals surface area contributed by atoms with Crippen LogP contribution in [0.5, 0.6) is 0 Å². The predicted molar refractivity (Wildman–Crippen MR) is 69.0 cm³/mol. The van der Waals surface area contributed by atoms with Crippen molar-refractivity contribution in [2.24, 2.45) is 23.7 Å². The SMILES string of the molecule is C[C@H]1[C@H](O)O[C@@H]2O[C@@]3(C)CC[C@H]4[C@H](C)CC[C@@H]1[C@@]24OO3. The van der Waals surface area contributed by atoms with Crippen LogP contribution in [0.25, 0.3) is 0 Å². The molecule has 114 valence electrons. The average Bonchev–Trinajstić information content (AvgIpc) is 2.63. The summed E-state index contributed by atoms with van der Waals surface area (Å²) in [6.45, 7) is 6.22. The summed E-state index contributed by atoms with van der Waals surface area (Å²) in [6.07, 6.45) is 2.72. The molecule has 4 aliphatic heterocycles. The van der Waals surface area contributed by atoms with Crippen molar-refractivity contribution in [1.29, 1.82) is 0 Å². The van der Waals surface area contributed by atoms with Crippen molar-refractivity contribution in [3.8, 4) is 0 Å². The van der Waals surface area contributed by atoms with Crippen LogP contribution in [-0.2, 0) is 19.2 Å². The van der Waals surface area contributed by atoms with Crippen molar-refractivity contribution in [3.63, 3.8) is 0 Å². The van der Waals surface area contributed by atoms with Crippen LogP contribution in [0.2, 0.25) is 0 Å². The number of rotatable bonds is 0. The molecule has 0 aromatic rings. The molecule has 5 heteroatoms. The van der Waals surface area contributed by atoms with Crippen LogP contribution in [0.4, 0.5) is 0 Å². The smallest absolute Gasteiger partial charge is 0.201 e. The zero-order valence-electron chi connectivity index (χ0n) is 12.4. The molecule has 4 heterocycles. The summed E-state index contributed by atoms with van der Waals surface area (Å²) in [5.41, 5.74) is -0.549. The lowest BCUT2D eigenvalue weighted by atomic mass is 9.58. The Morgan fingerprint density at radius 1 is 1.05 bits per heavy atom. The van der Waals surface area contributed by atoms with E-state index in [1.54, 1.807) is 0 Å². The Kier molecular flexibility index (Phi) is 2.81. The first-order valence-corrected chi connectivity index (χ1v) is 7.84. The molecule has 5 rings (SSSR count). The number of hydrogen-bond acceptors (Lipinski definition) is 5. The van der Waals surface area contributed by atoms with Crippen LogP contribution in [0, 0.1) is 23.7 Å². The summed E-state index contributed by atoms with van der Waals surface area (Å²) in [7, 11) is 0. The second kappa shape index (κ2) is 4.17. The molecule has 0 amide bonds. The third kappa shape index (κ3) is 1.56. The van der Waals surface area contributed by atoms with E-state index in [0.717, 1.165) is 19.3 Å². The van der Waals surface area contributed by atoms with E-state index in [-0.39, 0.29) is 11.8 Å². The molecule has 5 nitrogen and oxygen atoms in total. The molecule has 4 saturated heterocycles. The first-order valence-electron chi connectivity index (χ1n) is 7.84. The fourth-order valence-corrected chi connectivity index (χ4v) is 4.89. The van der Waals surface area contributed by atoms with Gasteiger partial charge in [0.15, 0.2) is 18.2 Å². The summed E-state index contributed by atoms with van der Waals surface area (Å²) in [5.74, 6) is 0.437. The van der Waals surface area contributed by atoms with Gasteiger partial charge in [0.05, 0.1) is 0 Å². The van der Waals surface area contributed by atoms with E-state index in [9.17, 15) is 5.11 Å². The number of ether oxygens (including phenoxy) is 2. The molecule has 0 unspecified atom stereocenters. The summed E-state index contributed by atoms with van der Waals surface area (Å²) in [5, 5.41) is 10.2. The van der Waals surface area contributed by atoms with E-state index >= 15 is 0 Å². The van der Waals surface area contributed by atoms with Crippen molar-refractivity contribution in [2.75, 3.05) is 0 Å². The van der Waals surface area contributed by atoms with Gasteiger partial charge in [0.2, 0.25) is 5.79 Å². The summed E-state index contributed by atoms with van der Waals surface area (Å²) < 4.78 is 11.9. The normalized spacial score (nSPS) is 61.8. The van der Waals surface area contributed by atoms with Gasteiger partial charge in [-0.1, -0.05) is 13.8 Å². The van der Waals surface area contributed by atoms with Gasteiger partial charge in [-0.2, -0.15) is 0 Å². The Hall–Kier alpha value is -0.200. The Morgan fingerprint density at radius 2 is 1.85 bits per heavy atom. The van der Waals surface area contributed by atoms with Crippen LogP contribution in [0.1, 0.15) is 46.5 Å². The van der Waals surface area contributed by atoms with Gasteiger partial charge in [0.1, 0.15) is 0 Å². The zero-order chi connectivity index (χ0) is 14.1. The number of hydrogen-bond donors (Lipinski definition) is 1. The van der Waals surface area contributed by atoms with E-state index in [1.807, 2.05) is 13.8 Å². The summed E-state index contributed by atoms with van der Waals surface area (Å²) in [4.78, 5) is 11.6. The molecule has 5 aliphatic rings. The lowest BCUT2D eigenvalue weighted by molar-refractivity contribution is -0.576. The molecule has 2 bridgehead atoms. The Bertz CT molecular complexity index is 411. The van der Waals surface area contributed by atoms with Crippen molar-refractivity contribution in [2.45, 2.75) is 70.4 Å². The zero-order valence-corrected chi connectivity index (χ0v) is 12.4. The van der Waals surface area contributed by atoms with Gasteiger partial charge < -0.3 is 14.6 Å². The van der Waals surface area contributed by atoms with Crippen LogP contribution < -0.4 is 0 Å². The van der Waals surface area contributed by atoms with Gasteiger partial charge in [0, 0.05) is 18.3 Å². The Balaban J connectivity index is 1.82. The predicted octanol–water partition coefficient (Wildman–Crippen LogP) is 2.19. The molecule has 1 spiro atoms. The third-order valence-electron chi connectivity index (χ3n) is 6.12. The summed E-state index contributed by atoms with van der Waals surface area (Å²) in [6, 6.07) is 0. The summed E-state index contributed by atoms with van der Waals surface area (Å²) >= 11 is 0. The van der Waals surface area contributed by atoms with Crippen molar-refractivity contribution < 1.29 is 24.4 Å². The molecular weight excluding hydrogens is 260 g/mol. The standard InChI is InChI=1S/C15H24O5/c1-8-4-5-11-9(2)12(16)17-13-15(11)10(8)6-7-14(3,18-13)19-20-15/h8-13,16H,4-7H2,1-3H3/t8-,9-,10+,11+,12-,13-,14-,15-/m1/s1. The average molecular weight is 284 g/mol. The topological polar surface area (TPSA) is 57.2 Å². The van der Waals surface area contributed by atoms with Crippen molar-refractivity contribution in [3.05, 3.63) is 0 Å². The minimum absolute atomic E-state index is 0.0379. The van der Waals surface area contributed by atoms with Crippen LogP contribution >= 0.6 is 0 Å². The quantitative estimate of drug-likeness (QED) is 0.691. The molecule has 0 aromatic carbocycles. The van der Waals surface area contributed by atoms with Crippen LogP contribution in [-0.4, -0.2) is 29.1 Å². The lowest BCUT2D eigenvalue weighted by Crippen LogP contribution is -2.70. The highest BCUT2D eigenvalue weighted by molar-refractivity contribution is 5.08. The Labute approximate surface area is 119 Å². The molecule has 0 aromatic heterocycles. The number of fused-ring (bicyclic) bond motifs is 2. The first kappa shape index (κ1) is 13.5. The van der Waals surface area contributed by atoms with E-state index in [0.29, 0.717) is 11.8 Å². The van der Waals surface area contributed by atoms with Crippen molar-refractivity contribution in [1.82, 2.24) is 0 Å². The van der Waals surface area contributed by atoms with Crippen LogP contribution in [0.3, 0.4) is 0 Å². The van der Waals surface area contributed by atoms with Crippen molar-refractivity contribution >= 4 is 0 Å². The van der Waals surface area contributed by atoms with Crippen LogP contribution in [0.15, 0.2) is 0 Å². The number of aliphatic hydroxyl groups is 1. The molecule has 1 saturated carbocycles. The maximum atomic E-state index is 10.2. The Morgan fingerprint density at radius 3 is 2.65 bits per heavy atom. The highest BCUT2D eigenvalue weighted by Gasteiger charge is 2.69. The second-order valence-corrected chi connectivity index (χ2v) is 7.30. The van der Waals surface area contributed by atoms with Gasteiger partial charge in [-0.25, -0.2) is 9.78 Å².